The highest BCUT2D eigenvalue weighted by molar-refractivity contribution is 5.90. The van der Waals surface area contributed by atoms with E-state index in [9.17, 15) is 9.59 Å². The summed E-state index contributed by atoms with van der Waals surface area (Å²) in [7, 11) is 0. The van der Waals surface area contributed by atoms with Gasteiger partial charge in [-0.2, -0.15) is 0 Å². The quantitative estimate of drug-likeness (QED) is 0.479. The Hall–Kier alpha value is -2.10. The van der Waals surface area contributed by atoms with Crippen molar-refractivity contribution >= 4 is 12.1 Å². The van der Waals surface area contributed by atoms with E-state index in [1.165, 1.54) is 0 Å². The minimum absolute atomic E-state index is 0.532. The molecular weight excluding hydrogens is 256 g/mol. The summed E-state index contributed by atoms with van der Waals surface area (Å²) in [5.74, 6) is -0.532. The van der Waals surface area contributed by atoms with Gasteiger partial charge in [-0.25, -0.2) is 4.79 Å². The third kappa shape index (κ3) is 2.90. The molecule has 4 heteroatoms. The average molecular weight is 274 g/mol. The minimum atomic E-state index is -1.02. The van der Waals surface area contributed by atoms with Crippen molar-refractivity contribution in [3.8, 4) is 0 Å². The molecule has 0 spiro atoms. The molecule has 1 aromatic carbocycles. The summed E-state index contributed by atoms with van der Waals surface area (Å²) in [5, 5.41) is 0. The zero-order valence-electron chi connectivity index (χ0n) is 11.3. The molecule has 0 heterocycles. The van der Waals surface area contributed by atoms with Gasteiger partial charge in [0.1, 0.15) is 0 Å². The molecule has 0 bridgehead atoms. The summed E-state index contributed by atoms with van der Waals surface area (Å²) < 4.78 is 9.28. The van der Waals surface area contributed by atoms with Gasteiger partial charge < -0.3 is 9.47 Å². The van der Waals surface area contributed by atoms with Crippen LogP contribution in [0.15, 0.2) is 43.2 Å². The highest BCUT2D eigenvalue weighted by Gasteiger charge is 2.43. The molecule has 1 fully saturated rings. The molecule has 106 valence electrons. The van der Waals surface area contributed by atoms with E-state index in [2.05, 4.69) is 11.3 Å². The molecule has 0 unspecified atom stereocenters. The van der Waals surface area contributed by atoms with E-state index in [1.807, 2.05) is 30.3 Å². The van der Waals surface area contributed by atoms with E-state index in [-0.39, 0.29) is 0 Å². The number of rotatable bonds is 3. The van der Waals surface area contributed by atoms with Crippen LogP contribution < -0.4 is 0 Å². The van der Waals surface area contributed by atoms with Crippen molar-refractivity contribution in [2.75, 3.05) is 0 Å². The normalized spacial score (nSPS) is 17.0. The van der Waals surface area contributed by atoms with Crippen LogP contribution in [0.1, 0.15) is 37.7 Å². The fourth-order valence-electron chi connectivity index (χ4n) is 2.79. The minimum Gasteiger partial charge on any atom is -0.403 e. The van der Waals surface area contributed by atoms with E-state index in [1.54, 1.807) is 0 Å². The van der Waals surface area contributed by atoms with Crippen LogP contribution in [-0.2, 0) is 19.7 Å². The first kappa shape index (κ1) is 14.3. The second-order valence-electron chi connectivity index (χ2n) is 4.93. The SMILES string of the molecule is C=COC(=O)OC(=O)C1(c2ccccc2)CCCCC1. The molecule has 0 aliphatic heterocycles. The van der Waals surface area contributed by atoms with Crippen LogP contribution in [-0.4, -0.2) is 12.1 Å². The molecule has 1 aliphatic carbocycles. The summed E-state index contributed by atoms with van der Waals surface area (Å²) in [6.45, 7) is 3.26. The standard InChI is InChI=1S/C16H18O4/c1-2-19-15(18)20-14(17)16(11-7-4-8-12-16)13-9-5-3-6-10-13/h2-3,5-6,9-10H,1,4,7-8,11-12H2. The highest BCUT2D eigenvalue weighted by atomic mass is 16.7. The number of esters is 1. The van der Waals surface area contributed by atoms with Crippen LogP contribution >= 0.6 is 0 Å². The lowest BCUT2D eigenvalue weighted by atomic mass is 9.69. The highest BCUT2D eigenvalue weighted by Crippen LogP contribution is 2.40. The first-order valence-corrected chi connectivity index (χ1v) is 6.78. The molecule has 20 heavy (non-hydrogen) atoms. The van der Waals surface area contributed by atoms with E-state index in [0.717, 1.165) is 31.1 Å². The smallest absolute Gasteiger partial charge is 0.403 e. The van der Waals surface area contributed by atoms with Gasteiger partial charge in [0.15, 0.2) is 0 Å². The van der Waals surface area contributed by atoms with Gasteiger partial charge in [-0.05, 0) is 18.4 Å². The van der Waals surface area contributed by atoms with Crippen LogP contribution in [0.25, 0.3) is 0 Å². The van der Waals surface area contributed by atoms with Gasteiger partial charge in [0.25, 0.3) is 0 Å². The third-order valence-electron chi connectivity index (χ3n) is 3.78. The van der Waals surface area contributed by atoms with Gasteiger partial charge in [-0.1, -0.05) is 56.2 Å². The Labute approximate surface area is 118 Å². The van der Waals surface area contributed by atoms with Crippen molar-refractivity contribution in [3.05, 3.63) is 48.7 Å². The maximum Gasteiger partial charge on any atom is 0.521 e. The molecule has 4 nitrogen and oxygen atoms in total. The molecule has 0 radical (unpaired) electrons. The lowest BCUT2D eigenvalue weighted by Gasteiger charge is -2.34. The summed E-state index contributed by atoms with van der Waals surface area (Å²) in [4.78, 5) is 23.8. The zero-order chi connectivity index (χ0) is 14.4. The number of carbonyl (C=O) groups excluding carboxylic acids is 2. The van der Waals surface area contributed by atoms with Crippen LogP contribution in [0.2, 0.25) is 0 Å². The molecule has 0 atom stereocenters. The fraction of sp³-hybridized carbons (Fsp3) is 0.375. The van der Waals surface area contributed by atoms with E-state index in [4.69, 9.17) is 4.74 Å². The molecule has 2 rings (SSSR count). The molecule has 0 N–H and O–H groups in total. The number of hydrogen-bond donors (Lipinski definition) is 0. The first-order valence-electron chi connectivity index (χ1n) is 6.78. The van der Waals surface area contributed by atoms with Crippen molar-refractivity contribution in [2.45, 2.75) is 37.5 Å². The lowest BCUT2D eigenvalue weighted by molar-refractivity contribution is -0.147. The molecule has 0 saturated heterocycles. The Morgan fingerprint density at radius 1 is 1.10 bits per heavy atom. The largest absolute Gasteiger partial charge is 0.521 e. The molecular formula is C16H18O4. The van der Waals surface area contributed by atoms with Crippen LogP contribution in [0.5, 0.6) is 0 Å². The van der Waals surface area contributed by atoms with Gasteiger partial charge in [0.2, 0.25) is 0 Å². The fourth-order valence-corrected chi connectivity index (χ4v) is 2.79. The Balaban J connectivity index is 2.25. The average Bonchev–Trinajstić information content (AvgIpc) is 2.49. The molecule has 0 aromatic heterocycles. The number of benzene rings is 1. The van der Waals surface area contributed by atoms with Crippen molar-refractivity contribution in [2.24, 2.45) is 0 Å². The van der Waals surface area contributed by atoms with Gasteiger partial charge in [0.05, 0.1) is 11.7 Å². The predicted molar refractivity (Wildman–Crippen MR) is 74.0 cm³/mol. The van der Waals surface area contributed by atoms with Gasteiger partial charge in [0, 0.05) is 0 Å². The topological polar surface area (TPSA) is 52.6 Å². The molecule has 1 aromatic rings. The van der Waals surface area contributed by atoms with Crippen molar-refractivity contribution in [1.82, 2.24) is 0 Å². The van der Waals surface area contributed by atoms with E-state index in [0.29, 0.717) is 12.8 Å². The van der Waals surface area contributed by atoms with E-state index >= 15 is 0 Å². The van der Waals surface area contributed by atoms with Crippen LogP contribution in [0.4, 0.5) is 4.79 Å². The summed E-state index contributed by atoms with van der Waals surface area (Å²) in [6, 6.07) is 9.50. The maximum absolute atomic E-state index is 12.4. The molecule has 0 amide bonds. The van der Waals surface area contributed by atoms with Crippen molar-refractivity contribution in [1.29, 1.82) is 0 Å². The first-order chi connectivity index (χ1) is 9.69. The second kappa shape index (κ2) is 6.37. The monoisotopic (exact) mass is 274 g/mol. The Morgan fingerprint density at radius 2 is 1.75 bits per heavy atom. The number of ether oxygens (including phenoxy) is 2. The van der Waals surface area contributed by atoms with Crippen molar-refractivity contribution in [3.63, 3.8) is 0 Å². The van der Waals surface area contributed by atoms with E-state index < -0.39 is 17.5 Å². The summed E-state index contributed by atoms with van der Waals surface area (Å²) >= 11 is 0. The number of hydrogen-bond acceptors (Lipinski definition) is 4. The summed E-state index contributed by atoms with van der Waals surface area (Å²) in [5.41, 5.74) is 0.163. The zero-order valence-corrected chi connectivity index (χ0v) is 11.3. The lowest BCUT2D eigenvalue weighted by Crippen LogP contribution is -2.40. The molecule has 1 aliphatic rings. The van der Waals surface area contributed by atoms with Gasteiger partial charge in [-0.15, -0.1) is 0 Å². The van der Waals surface area contributed by atoms with Crippen molar-refractivity contribution < 1.29 is 19.1 Å². The third-order valence-corrected chi connectivity index (χ3v) is 3.78. The molecule has 1 saturated carbocycles. The van der Waals surface area contributed by atoms with Gasteiger partial charge in [-0.3, -0.25) is 4.79 Å². The van der Waals surface area contributed by atoms with Crippen LogP contribution in [0, 0.1) is 0 Å². The Bertz CT molecular complexity index is 486. The number of carbonyl (C=O) groups is 2. The Morgan fingerprint density at radius 3 is 2.35 bits per heavy atom. The van der Waals surface area contributed by atoms with Gasteiger partial charge >= 0.3 is 12.1 Å². The van der Waals surface area contributed by atoms with Crippen LogP contribution in [0.3, 0.4) is 0 Å². The predicted octanol–water partition coefficient (Wildman–Crippen LogP) is 3.71. The summed E-state index contributed by atoms with van der Waals surface area (Å²) in [6.07, 6.45) is 4.30. The Kier molecular flexibility index (Phi) is 4.56. The second-order valence-corrected chi connectivity index (χ2v) is 4.93. The maximum atomic E-state index is 12.4.